The molecule has 0 saturated heterocycles. The summed E-state index contributed by atoms with van der Waals surface area (Å²) in [6.07, 6.45) is 2.87. The van der Waals surface area contributed by atoms with Crippen LogP contribution in [0.1, 0.15) is 41.6 Å². The molecule has 1 heterocycles. The Morgan fingerprint density at radius 3 is 2.38 bits per heavy atom. The summed E-state index contributed by atoms with van der Waals surface area (Å²) in [5, 5.41) is 5.81. The fourth-order valence-corrected chi connectivity index (χ4v) is 1.96. The van der Waals surface area contributed by atoms with Crippen LogP contribution in [0.3, 0.4) is 0 Å². The monoisotopic (exact) mass is 328 g/mol. The molecule has 0 saturated carbocycles. The predicted molar refractivity (Wildman–Crippen MR) is 91.1 cm³/mol. The zero-order valence-electron chi connectivity index (χ0n) is 14.1. The number of hydrogen-bond acceptors (Lipinski definition) is 6. The third-order valence-electron chi connectivity index (χ3n) is 2.97. The first-order valence-electron chi connectivity index (χ1n) is 7.39. The molecule has 1 amide bonds. The lowest BCUT2D eigenvalue weighted by Gasteiger charge is -2.20. The average molecular weight is 328 g/mol. The molecule has 0 unspecified atom stereocenters. The number of esters is 1. The number of aromatic nitrogens is 2. The fraction of sp³-hybridized carbons (Fsp3) is 0.294. The molecule has 126 valence electrons. The predicted octanol–water partition coefficient (Wildman–Crippen LogP) is 2.73. The van der Waals surface area contributed by atoms with E-state index in [0.717, 1.165) is 0 Å². The van der Waals surface area contributed by atoms with E-state index in [4.69, 9.17) is 4.74 Å². The zero-order valence-corrected chi connectivity index (χ0v) is 14.1. The van der Waals surface area contributed by atoms with Gasteiger partial charge in [-0.1, -0.05) is 12.1 Å². The number of para-hydroxylation sites is 1. The maximum absolute atomic E-state index is 12.3. The lowest BCUT2D eigenvalue weighted by Crippen LogP contribution is -2.27. The van der Waals surface area contributed by atoms with Crippen molar-refractivity contribution in [2.75, 3.05) is 17.7 Å². The summed E-state index contributed by atoms with van der Waals surface area (Å²) in [6.45, 7) is 6.00. The molecular weight excluding hydrogens is 308 g/mol. The van der Waals surface area contributed by atoms with Crippen molar-refractivity contribution in [3.05, 3.63) is 47.9 Å². The molecule has 0 bridgehead atoms. The number of anilines is 2. The van der Waals surface area contributed by atoms with Crippen LogP contribution in [0, 0.1) is 0 Å². The Bertz CT molecular complexity index is 736. The Morgan fingerprint density at radius 2 is 1.79 bits per heavy atom. The van der Waals surface area contributed by atoms with Crippen molar-refractivity contribution in [2.24, 2.45) is 0 Å². The number of carbonyl (C=O) groups is 2. The van der Waals surface area contributed by atoms with E-state index in [-0.39, 0.29) is 16.8 Å². The highest BCUT2D eigenvalue weighted by molar-refractivity contribution is 6.06. The highest BCUT2D eigenvalue weighted by Gasteiger charge is 2.16. The van der Waals surface area contributed by atoms with E-state index in [1.54, 1.807) is 24.3 Å². The van der Waals surface area contributed by atoms with Crippen LogP contribution in [-0.4, -0.2) is 34.5 Å². The average Bonchev–Trinajstić information content (AvgIpc) is 2.53. The molecule has 2 aromatic rings. The normalized spacial score (nSPS) is 10.8. The molecule has 0 atom stereocenters. The van der Waals surface area contributed by atoms with Crippen molar-refractivity contribution < 1.29 is 14.3 Å². The number of amides is 1. The molecule has 0 radical (unpaired) electrons. The number of methoxy groups -OCH3 is 1. The van der Waals surface area contributed by atoms with Crippen molar-refractivity contribution in [1.82, 2.24) is 9.97 Å². The van der Waals surface area contributed by atoms with Gasteiger partial charge in [-0.2, -0.15) is 0 Å². The zero-order chi connectivity index (χ0) is 17.7. The van der Waals surface area contributed by atoms with Crippen molar-refractivity contribution in [3.8, 4) is 0 Å². The van der Waals surface area contributed by atoms with Crippen LogP contribution in [0.4, 0.5) is 11.5 Å². The molecule has 0 aliphatic rings. The molecule has 1 aromatic heterocycles. The van der Waals surface area contributed by atoms with E-state index >= 15 is 0 Å². The molecule has 7 heteroatoms. The summed E-state index contributed by atoms with van der Waals surface area (Å²) in [4.78, 5) is 32.3. The molecule has 0 aliphatic carbocycles. The van der Waals surface area contributed by atoms with Gasteiger partial charge in [0.2, 0.25) is 0 Å². The van der Waals surface area contributed by atoms with Crippen LogP contribution in [0.2, 0.25) is 0 Å². The first-order chi connectivity index (χ1) is 11.3. The van der Waals surface area contributed by atoms with Gasteiger partial charge in [0, 0.05) is 5.54 Å². The van der Waals surface area contributed by atoms with Crippen LogP contribution in [0.15, 0.2) is 36.7 Å². The highest BCUT2D eigenvalue weighted by Crippen LogP contribution is 2.17. The van der Waals surface area contributed by atoms with E-state index < -0.39 is 11.9 Å². The van der Waals surface area contributed by atoms with Gasteiger partial charge in [-0.25, -0.2) is 14.8 Å². The second kappa shape index (κ2) is 7.08. The number of nitrogens with one attached hydrogen (secondary N) is 2. The van der Waals surface area contributed by atoms with Gasteiger partial charge in [0.05, 0.1) is 30.8 Å². The highest BCUT2D eigenvalue weighted by atomic mass is 16.5. The Labute approximate surface area is 140 Å². The van der Waals surface area contributed by atoms with Gasteiger partial charge in [0.15, 0.2) is 0 Å². The van der Waals surface area contributed by atoms with Crippen molar-refractivity contribution in [1.29, 1.82) is 0 Å². The van der Waals surface area contributed by atoms with Crippen LogP contribution in [0.5, 0.6) is 0 Å². The first-order valence-corrected chi connectivity index (χ1v) is 7.39. The Kier molecular flexibility index (Phi) is 5.13. The van der Waals surface area contributed by atoms with Crippen LogP contribution in [0.25, 0.3) is 0 Å². The Hall–Kier alpha value is -2.96. The third kappa shape index (κ3) is 4.52. The molecule has 24 heavy (non-hydrogen) atoms. The summed E-state index contributed by atoms with van der Waals surface area (Å²) < 4.78 is 4.70. The van der Waals surface area contributed by atoms with Gasteiger partial charge < -0.3 is 15.4 Å². The van der Waals surface area contributed by atoms with E-state index in [1.165, 1.54) is 19.5 Å². The number of nitrogens with zero attached hydrogens (tertiary/aromatic N) is 2. The fourth-order valence-electron chi connectivity index (χ4n) is 1.96. The van der Waals surface area contributed by atoms with E-state index in [9.17, 15) is 9.59 Å². The summed E-state index contributed by atoms with van der Waals surface area (Å²) in [5.41, 5.74) is 0.618. The quantitative estimate of drug-likeness (QED) is 0.838. The van der Waals surface area contributed by atoms with Gasteiger partial charge in [0.25, 0.3) is 5.91 Å². The van der Waals surface area contributed by atoms with Gasteiger partial charge >= 0.3 is 5.97 Å². The van der Waals surface area contributed by atoms with Crippen molar-refractivity contribution in [3.63, 3.8) is 0 Å². The maximum Gasteiger partial charge on any atom is 0.339 e. The number of rotatable bonds is 4. The Morgan fingerprint density at radius 1 is 1.08 bits per heavy atom. The minimum atomic E-state index is -0.526. The molecule has 7 nitrogen and oxygen atoms in total. The summed E-state index contributed by atoms with van der Waals surface area (Å²) in [7, 11) is 1.29. The molecule has 0 fully saturated rings. The molecule has 0 spiro atoms. The van der Waals surface area contributed by atoms with Crippen LogP contribution < -0.4 is 10.6 Å². The summed E-state index contributed by atoms with van der Waals surface area (Å²) in [6, 6.07) is 6.59. The standard InChI is InChI=1S/C17H20N4O3/c1-17(2,3)21-14-10-18-13(9-19-14)15(22)20-12-8-6-5-7-11(12)16(23)24-4/h5-10H,1-4H3,(H,19,21)(H,20,22). The second-order valence-corrected chi connectivity index (χ2v) is 6.15. The van der Waals surface area contributed by atoms with E-state index in [2.05, 4.69) is 20.6 Å². The lowest BCUT2D eigenvalue weighted by molar-refractivity contribution is 0.0602. The van der Waals surface area contributed by atoms with E-state index in [0.29, 0.717) is 11.5 Å². The van der Waals surface area contributed by atoms with Crippen LogP contribution in [-0.2, 0) is 4.74 Å². The van der Waals surface area contributed by atoms with Gasteiger partial charge in [-0.05, 0) is 32.9 Å². The summed E-state index contributed by atoms with van der Waals surface area (Å²) in [5.74, 6) is -0.406. The molecule has 0 aliphatic heterocycles. The smallest absolute Gasteiger partial charge is 0.339 e. The largest absolute Gasteiger partial charge is 0.465 e. The van der Waals surface area contributed by atoms with Crippen molar-refractivity contribution in [2.45, 2.75) is 26.3 Å². The van der Waals surface area contributed by atoms with Crippen LogP contribution >= 0.6 is 0 Å². The van der Waals surface area contributed by atoms with Gasteiger partial charge in [-0.15, -0.1) is 0 Å². The van der Waals surface area contributed by atoms with Crippen molar-refractivity contribution >= 4 is 23.4 Å². The SMILES string of the molecule is COC(=O)c1ccccc1NC(=O)c1cnc(NC(C)(C)C)cn1. The molecule has 1 aromatic carbocycles. The van der Waals surface area contributed by atoms with Gasteiger partial charge in [-0.3, -0.25) is 4.79 Å². The first kappa shape index (κ1) is 17.4. The Balaban J connectivity index is 2.15. The number of ether oxygens (including phenoxy) is 1. The summed E-state index contributed by atoms with van der Waals surface area (Å²) >= 11 is 0. The minimum absolute atomic E-state index is 0.147. The number of hydrogen-bond donors (Lipinski definition) is 2. The second-order valence-electron chi connectivity index (χ2n) is 6.15. The molecular formula is C17H20N4O3. The minimum Gasteiger partial charge on any atom is -0.465 e. The number of carbonyl (C=O) groups excluding carboxylic acids is 2. The van der Waals surface area contributed by atoms with E-state index in [1.807, 2.05) is 20.8 Å². The maximum atomic E-state index is 12.3. The lowest BCUT2D eigenvalue weighted by atomic mass is 10.1. The topological polar surface area (TPSA) is 93.2 Å². The number of benzene rings is 1. The molecule has 2 N–H and O–H groups in total. The molecule has 2 rings (SSSR count). The third-order valence-corrected chi connectivity index (χ3v) is 2.97. The van der Waals surface area contributed by atoms with Gasteiger partial charge in [0.1, 0.15) is 11.5 Å².